The molecule has 158 valence electrons. The van der Waals surface area contributed by atoms with Gasteiger partial charge in [0.2, 0.25) is 0 Å². The van der Waals surface area contributed by atoms with Crippen molar-refractivity contribution in [1.82, 2.24) is 4.90 Å². The minimum absolute atomic E-state index is 0.0827. The average Bonchev–Trinajstić information content (AvgIpc) is 2.78. The Morgan fingerprint density at radius 2 is 1.93 bits per heavy atom. The van der Waals surface area contributed by atoms with E-state index < -0.39 is 0 Å². The van der Waals surface area contributed by atoms with Gasteiger partial charge in [-0.1, -0.05) is 18.6 Å². The number of fused-ring (bicyclic) bond motifs is 3. The molecule has 2 aromatic carbocycles. The summed E-state index contributed by atoms with van der Waals surface area (Å²) in [4.78, 5) is 15.9. The lowest BCUT2D eigenvalue weighted by Crippen LogP contribution is -2.47. The molecule has 3 N–H and O–H groups in total. The summed E-state index contributed by atoms with van der Waals surface area (Å²) in [5, 5.41) is 5.10. The predicted octanol–water partition coefficient (Wildman–Crippen LogP) is 5.45. The van der Waals surface area contributed by atoms with Gasteiger partial charge < -0.3 is 16.0 Å². The Kier molecular flexibility index (Phi) is 5.66. The third-order valence-corrected chi connectivity index (χ3v) is 8.27. The number of nitrogens with zero attached hydrogens (tertiary/aromatic N) is 1. The Balaban J connectivity index is 1.32. The molecule has 1 aromatic heterocycles. The van der Waals surface area contributed by atoms with E-state index in [-0.39, 0.29) is 5.43 Å². The highest BCUT2D eigenvalue weighted by atomic mass is 32.1. The summed E-state index contributed by atoms with van der Waals surface area (Å²) in [6.07, 6.45) is 9.31. The minimum atomic E-state index is 0.0827. The Labute approximate surface area is 182 Å². The summed E-state index contributed by atoms with van der Waals surface area (Å²) in [5.74, 6) is 0.838. The topological polar surface area (TPSA) is 58.4 Å². The summed E-state index contributed by atoms with van der Waals surface area (Å²) >= 11 is 1.61. The third-order valence-electron chi connectivity index (χ3n) is 7.05. The van der Waals surface area contributed by atoms with Crippen molar-refractivity contribution < 1.29 is 0 Å². The van der Waals surface area contributed by atoms with E-state index in [4.69, 9.17) is 5.73 Å². The first-order valence-corrected chi connectivity index (χ1v) is 12.3. The monoisotopic (exact) mass is 421 g/mol. The normalized spacial score (nSPS) is 22.3. The van der Waals surface area contributed by atoms with Gasteiger partial charge >= 0.3 is 0 Å². The fourth-order valence-corrected chi connectivity index (χ4v) is 6.70. The molecular weight excluding hydrogens is 390 g/mol. The van der Waals surface area contributed by atoms with Gasteiger partial charge in [-0.2, -0.15) is 0 Å². The van der Waals surface area contributed by atoms with Gasteiger partial charge in [-0.3, -0.25) is 4.79 Å². The zero-order valence-corrected chi connectivity index (χ0v) is 18.3. The number of nitrogen functional groups attached to an aromatic ring is 1. The number of benzene rings is 2. The van der Waals surface area contributed by atoms with Gasteiger partial charge in [-0.05, 0) is 81.8 Å². The number of nitrogens with two attached hydrogens (primary N) is 1. The molecule has 30 heavy (non-hydrogen) atoms. The molecule has 2 aliphatic rings. The van der Waals surface area contributed by atoms with Crippen LogP contribution in [0.5, 0.6) is 0 Å². The van der Waals surface area contributed by atoms with Crippen molar-refractivity contribution in [2.75, 3.05) is 30.7 Å². The molecule has 2 atom stereocenters. The molecule has 2 saturated heterocycles. The van der Waals surface area contributed by atoms with Crippen LogP contribution in [0.1, 0.15) is 44.9 Å². The van der Waals surface area contributed by atoms with Crippen LogP contribution in [0, 0.1) is 5.92 Å². The molecule has 5 heteroatoms. The first kappa shape index (κ1) is 19.8. The molecule has 0 bridgehead atoms. The van der Waals surface area contributed by atoms with E-state index in [1.54, 1.807) is 11.3 Å². The lowest BCUT2D eigenvalue weighted by atomic mass is 9.81. The Hall–Kier alpha value is -2.11. The van der Waals surface area contributed by atoms with Crippen LogP contribution in [0.15, 0.2) is 41.2 Å². The summed E-state index contributed by atoms with van der Waals surface area (Å²) in [7, 11) is 0. The Morgan fingerprint density at radius 1 is 1.07 bits per heavy atom. The van der Waals surface area contributed by atoms with E-state index in [1.165, 1.54) is 51.6 Å². The first-order valence-electron chi connectivity index (χ1n) is 11.4. The van der Waals surface area contributed by atoms with Crippen LogP contribution >= 0.6 is 11.3 Å². The summed E-state index contributed by atoms with van der Waals surface area (Å²) in [6, 6.07) is 12.5. The number of nitrogens with one attached hydrogen (secondary N) is 1. The fourth-order valence-electron chi connectivity index (χ4n) is 5.57. The number of anilines is 2. The van der Waals surface area contributed by atoms with Crippen molar-refractivity contribution in [3.8, 4) is 0 Å². The second-order valence-electron chi connectivity index (χ2n) is 8.90. The highest BCUT2D eigenvalue weighted by Crippen LogP contribution is 2.35. The van der Waals surface area contributed by atoms with E-state index >= 15 is 0 Å². The van der Waals surface area contributed by atoms with Crippen molar-refractivity contribution in [3.63, 3.8) is 0 Å². The Bertz CT molecular complexity index is 1110. The summed E-state index contributed by atoms with van der Waals surface area (Å²) < 4.78 is 1.89. The van der Waals surface area contributed by atoms with Crippen molar-refractivity contribution >= 4 is 42.9 Å². The van der Waals surface area contributed by atoms with Gasteiger partial charge in [0.15, 0.2) is 5.43 Å². The largest absolute Gasteiger partial charge is 0.398 e. The van der Waals surface area contributed by atoms with E-state index in [0.717, 1.165) is 50.8 Å². The van der Waals surface area contributed by atoms with Gasteiger partial charge in [-0.25, -0.2) is 0 Å². The molecular formula is C25H31N3OS. The van der Waals surface area contributed by atoms with Crippen LogP contribution in [0.3, 0.4) is 0 Å². The van der Waals surface area contributed by atoms with E-state index in [9.17, 15) is 4.79 Å². The van der Waals surface area contributed by atoms with Gasteiger partial charge in [-0.15, -0.1) is 11.3 Å². The molecule has 0 unspecified atom stereocenters. The van der Waals surface area contributed by atoms with E-state index in [0.29, 0.717) is 5.69 Å². The maximum Gasteiger partial charge on any atom is 0.198 e. The van der Waals surface area contributed by atoms with Crippen molar-refractivity contribution in [2.45, 2.75) is 51.0 Å². The minimum Gasteiger partial charge on any atom is -0.398 e. The number of hydrogen-bond donors (Lipinski definition) is 2. The number of hydrogen-bond acceptors (Lipinski definition) is 5. The average molecular weight is 422 g/mol. The lowest BCUT2D eigenvalue weighted by Gasteiger charge is -2.44. The highest BCUT2D eigenvalue weighted by molar-refractivity contribution is 7.25. The molecule has 5 rings (SSSR count). The lowest BCUT2D eigenvalue weighted by molar-refractivity contribution is 0.0553. The van der Waals surface area contributed by atoms with Gasteiger partial charge in [0.1, 0.15) is 0 Å². The SMILES string of the molecule is Nc1ccc(NCCC[C@@H]2CCCN3CCCC[C@H]23)c2c(=O)c3ccccc3sc12. The van der Waals surface area contributed by atoms with Gasteiger partial charge in [0.05, 0.1) is 10.1 Å². The fraction of sp³-hybridized carbons (Fsp3) is 0.480. The molecule has 0 saturated carbocycles. The quantitative estimate of drug-likeness (QED) is 0.327. The smallest absolute Gasteiger partial charge is 0.198 e. The van der Waals surface area contributed by atoms with Crippen molar-refractivity contribution in [3.05, 3.63) is 46.6 Å². The molecule has 0 radical (unpaired) electrons. The first-order chi connectivity index (χ1) is 14.7. The van der Waals surface area contributed by atoms with Crippen LogP contribution in [-0.2, 0) is 0 Å². The molecule has 3 heterocycles. The second-order valence-corrected chi connectivity index (χ2v) is 9.96. The molecule has 0 aliphatic carbocycles. The molecule has 0 amide bonds. The molecule has 2 fully saturated rings. The van der Waals surface area contributed by atoms with Gasteiger partial charge in [0, 0.05) is 34.0 Å². The highest BCUT2D eigenvalue weighted by Gasteiger charge is 2.32. The van der Waals surface area contributed by atoms with E-state index in [2.05, 4.69) is 10.2 Å². The second kappa shape index (κ2) is 8.56. The van der Waals surface area contributed by atoms with E-state index in [1.807, 2.05) is 36.4 Å². The number of piperidine rings is 2. The molecule has 4 nitrogen and oxygen atoms in total. The summed E-state index contributed by atoms with van der Waals surface area (Å²) in [6.45, 7) is 3.51. The van der Waals surface area contributed by atoms with Gasteiger partial charge in [0.25, 0.3) is 0 Å². The van der Waals surface area contributed by atoms with Crippen LogP contribution in [0.4, 0.5) is 11.4 Å². The zero-order valence-electron chi connectivity index (χ0n) is 17.5. The zero-order chi connectivity index (χ0) is 20.5. The number of rotatable bonds is 5. The third kappa shape index (κ3) is 3.69. The van der Waals surface area contributed by atoms with Crippen LogP contribution < -0.4 is 16.5 Å². The molecule has 3 aromatic rings. The molecule has 0 spiro atoms. The maximum atomic E-state index is 13.2. The van der Waals surface area contributed by atoms with Crippen LogP contribution in [0.2, 0.25) is 0 Å². The standard InChI is InChI=1S/C25H31N3OS/c26-19-12-13-20(23-24(29)18-9-1-2-11-22(18)30-25(19)23)27-14-5-7-17-8-6-16-28-15-4-3-10-21(17)28/h1-2,9,11-13,17,21,27H,3-8,10,14-16,26H2/t17-,21-/m1/s1. The molecule has 2 aliphatic heterocycles. The summed E-state index contributed by atoms with van der Waals surface area (Å²) in [5.41, 5.74) is 7.93. The van der Waals surface area contributed by atoms with Crippen LogP contribution in [0.25, 0.3) is 20.2 Å². The maximum absolute atomic E-state index is 13.2. The Morgan fingerprint density at radius 3 is 2.87 bits per heavy atom. The van der Waals surface area contributed by atoms with Crippen molar-refractivity contribution in [1.29, 1.82) is 0 Å². The van der Waals surface area contributed by atoms with Crippen molar-refractivity contribution in [2.24, 2.45) is 5.92 Å². The van der Waals surface area contributed by atoms with Crippen LogP contribution in [-0.4, -0.2) is 30.6 Å². The predicted molar refractivity (Wildman–Crippen MR) is 130 cm³/mol.